The summed E-state index contributed by atoms with van der Waals surface area (Å²) in [5.41, 5.74) is 10.7. The quantitative estimate of drug-likeness (QED) is 0.389. The number of allylic oxidation sites excluding steroid dienone is 3. The number of benzene rings is 2. The predicted octanol–water partition coefficient (Wildman–Crippen LogP) is 4.89. The van der Waals surface area contributed by atoms with E-state index in [0.29, 0.717) is 40.1 Å². The molecule has 0 saturated heterocycles. The van der Waals surface area contributed by atoms with Gasteiger partial charge in [-0.05, 0) is 38.0 Å². The highest BCUT2D eigenvalue weighted by Crippen LogP contribution is 2.48. The number of Topliss-reactive ketones (excluding diaryl/α,β-unsaturated/α-hetero) is 1. The average Bonchev–Trinajstić information content (AvgIpc) is 3.41. The van der Waals surface area contributed by atoms with Crippen molar-refractivity contribution in [3.8, 4) is 11.8 Å². The topological polar surface area (TPSA) is 134 Å². The Bertz CT molecular complexity index is 1540. The van der Waals surface area contributed by atoms with Crippen molar-refractivity contribution in [1.29, 1.82) is 5.26 Å². The van der Waals surface area contributed by atoms with Gasteiger partial charge in [-0.2, -0.15) is 5.26 Å². The summed E-state index contributed by atoms with van der Waals surface area (Å²) >= 11 is 2.52. The number of thioether (sulfide) groups is 1. The van der Waals surface area contributed by atoms with E-state index in [1.54, 1.807) is 12.0 Å². The molecule has 1 aromatic heterocycles. The lowest BCUT2D eigenvalue weighted by molar-refractivity contribution is -0.116. The summed E-state index contributed by atoms with van der Waals surface area (Å²) in [6, 6.07) is 17.2. The first-order chi connectivity index (χ1) is 18.9. The van der Waals surface area contributed by atoms with Crippen LogP contribution in [0.2, 0.25) is 0 Å². The molecule has 1 amide bonds. The van der Waals surface area contributed by atoms with Crippen LogP contribution in [0.15, 0.2) is 75.5 Å². The van der Waals surface area contributed by atoms with Gasteiger partial charge in [0.05, 0.1) is 30.4 Å². The van der Waals surface area contributed by atoms with Gasteiger partial charge in [-0.1, -0.05) is 59.0 Å². The highest BCUT2D eigenvalue weighted by atomic mass is 32.2. The predicted molar refractivity (Wildman–Crippen MR) is 151 cm³/mol. The van der Waals surface area contributed by atoms with Crippen LogP contribution < -0.4 is 20.7 Å². The van der Waals surface area contributed by atoms with E-state index in [-0.39, 0.29) is 28.8 Å². The summed E-state index contributed by atoms with van der Waals surface area (Å²) < 4.78 is 6.14. The number of rotatable bonds is 7. The SMILES string of the molecule is COc1ccccc1C1C(C#N)=C(N)N(c2nnc(SCC(=O)Nc3ccc(C)cc3)s2)C2=C1C(=O)CCC2. The number of ketones is 1. The van der Waals surface area contributed by atoms with Crippen molar-refractivity contribution < 1.29 is 14.3 Å². The fraction of sp³-hybridized carbons (Fsp3) is 0.250. The number of amides is 1. The number of nitrogens with one attached hydrogen (secondary N) is 1. The maximum Gasteiger partial charge on any atom is 0.234 e. The van der Waals surface area contributed by atoms with Crippen molar-refractivity contribution in [3.63, 3.8) is 0 Å². The fourth-order valence-electron chi connectivity index (χ4n) is 4.83. The van der Waals surface area contributed by atoms with Crippen molar-refractivity contribution in [1.82, 2.24) is 10.2 Å². The molecule has 39 heavy (non-hydrogen) atoms. The molecule has 1 unspecified atom stereocenters. The number of carbonyl (C=O) groups excluding carboxylic acids is 2. The monoisotopic (exact) mass is 558 g/mol. The van der Waals surface area contributed by atoms with Gasteiger partial charge >= 0.3 is 0 Å². The molecule has 2 aromatic carbocycles. The van der Waals surface area contributed by atoms with E-state index in [1.165, 1.54) is 23.1 Å². The number of hydrogen-bond acceptors (Lipinski definition) is 10. The minimum atomic E-state index is -0.627. The Kier molecular flexibility index (Phi) is 7.67. The average molecular weight is 559 g/mol. The summed E-state index contributed by atoms with van der Waals surface area (Å²) in [6.45, 7) is 1.99. The van der Waals surface area contributed by atoms with Gasteiger partial charge in [-0.25, -0.2) is 0 Å². The van der Waals surface area contributed by atoms with Crippen molar-refractivity contribution in [2.45, 2.75) is 36.4 Å². The Morgan fingerprint density at radius 2 is 2.00 bits per heavy atom. The van der Waals surface area contributed by atoms with Gasteiger partial charge < -0.3 is 15.8 Å². The second kappa shape index (κ2) is 11.3. The molecule has 2 aliphatic rings. The first kappa shape index (κ1) is 26.5. The van der Waals surface area contributed by atoms with Crippen LogP contribution in [0.4, 0.5) is 10.8 Å². The lowest BCUT2D eigenvalue weighted by Crippen LogP contribution is -2.38. The summed E-state index contributed by atoms with van der Waals surface area (Å²) in [5, 5.41) is 22.1. The zero-order valence-corrected chi connectivity index (χ0v) is 23.1. The van der Waals surface area contributed by atoms with Crippen LogP contribution in [-0.4, -0.2) is 34.8 Å². The van der Waals surface area contributed by atoms with E-state index < -0.39 is 5.92 Å². The largest absolute Gasteiger partial charge is 0.496 e. The van der Waals surface area contributed by atoms with Crippen LogP contribution in [0, 0.1) is 18.3 Å². The van der Waals surface area contributed by atoms with Crippen molar-refractivity contribution >= 4 is 45.6 Å². The van der Waals surface area contributed by atoms with Crippen LogP contribution in [-0.2, 0) is 9.59 Å². The van der Waals surface area contributed by atoms with E-state index >= 15 is 0 Å². The van der Waals surface area contributed by atoms with E-state index in [9.17, 15) is 14.9 Å². The van der Waals surface area contributed by atoms with E-state index in [1.807, 2.05) is 55.5 Å². The maximum atomic E-state index is 13.3. The minimum Gasteiger partial charge on any atom is -0.496 e. The first-order valence-corrected chi connectivity index (χ1v) is 14.1. The Hall–Kier alpha value is -4.14. The molecule has 9 nitrogen and oxygen atoms in total. The van der Waals surface area contributed by atoms with Gasteiger partial charge in [0, 0.05) is 28.9 Å². The summed E-state index contributed by atoms with van der Waals surface area (Å²) in [7, 11) is 1.56. The van der Waals surface area contributed by atoms with Crippen LogP contribution in [0.25, 0.3) is 0 Å². The van der Waals surface area contributed by atoms with Gasteiger partial charge in [0.15, 0.2) is 10.1 Å². The number of nitriles is 1. The number of hydrogen-bond donors (Lipinski definition) is 2. The lowest BCUT2D eigenvalue weighted by Gasteiger charge is -2.38. The first-order valence-electron chi connectivity index (χ1n) is 12.3. The molecular weight excluding hydrogens is 532 g/mol. The normalized spacial score (nSPS) is 17.1. The number of aryl methyl sites for hydroxylation is 1. The zero-order valence-electron chi connectivity index (χ0n) is 21.4. The zero-order chi connectivity index (χ0) is 27.5. The third kappa shape index (κ3) is 5.26. The molecule has 0 radical (unpaired) electrons. The van der Waals surface area contributed by atoms with Gasteiger partial charge in [0.2, 0.25) is 11.0 Å². The second-order valence-electron chi connectivity index (χ2n) is 9.11. The molecule has 1 atom stereocenters. The lowest BCUT2D eigenvalue weighted by atomic mass is 9.75. The fourth-order valence-corrected chi connectivity index (χ4v) is 6.51. The Morgan fingerprint density at radius 1 is 1.23 bits per heavy atom. The summed E-state index contributed by atoms with van der Waals surface area (Å²) in [5.74, 6) is 0.139. The third-order valence-corrected chi connectivity index (χ3v) is 8.65. The molecule has 1 aliphatic heterocycles. The van der Waals surface area contributed by atoms with E-state index in [0.717, 1.165) is 22.5 Å². The molecule has 1 aliphatic carbocycles. The number of aromatic nitrogens is 2. The molecular formula is C28H26N6O3S2. The molecule has 3 aromatic rings. The van der Waals surface area contributed by atoms with E-state index in [4.69, 9.17) is 10.5 Å². The molecule has 2 heterocycles. The molecule has 0 fully saturated rings. The van der Waals surface area contributed by atoms with E-state index in [2.05, 4.69) is 21.6 Å². The molecule has 0 spiro atoms. The standard InChI is InChI=1S/C28H26N6O3S2/c1-16-10-12-17(13-11-16)31-23(36)15-38-28-33-32-27(39-28)34-20-7-5-8-21(35)25(20)24(19(14-29)26(34)30)18-6-3-4-9-22(18)37-2/h3-4,6,9-13,24H,5,7-8,15,30H2,1-2H3,(H,31,36). The molecule has 0 bridgehead atoms. The number of ether oxygens (including phenoxy) is 1. The van der Waals surface area contributed by atoms with Gasteiger partial charge in [0.1, 0.15) is 11.6 Å². The Morgan fingerprint density at radius 3 is 2.74 bits per heavy atom. The maximum absolute atomic E-state index is 13.3. The molecule has 5 rings (SSSR count). The summed E-state index contributed by atoms with van der Waals surface area (Å²) in [6.07, 6.45) is 1.67. The molecule has 198 valence electrons. The van der Waals surface area contributed by atoms with Gasteiger partial charge in [-0.15, -0.1) is 10.2 Å². The third-order valence-electron chi connectivity index (χ3n) is 6.61. The Labute approximate surface area is 234 Å². The van der Waals surface area contributed by atoms with Gasteiger partial charge in [-0.3, -0.25) is 14.5 Å². The molecule has 0 saturated carbocycles. The minimum absolute atomic E-state index is 0.0238. The number of carbonyl (C=O) groups is 2. The van der Waals surface area contributed by atoms with Crippen LogP contribution in [0.1, 0.15) is 36.3 Å². The van der Waals surface area contributed by atoms with Gasteiger partial charge in [0.25, 0.3) is 0 Å². The van der Waals surface area contributed by atoms with Crippen molar-refractivity contribution in [2.75, 3.05) is 23.1 Å². The van der Waals surface area contributed by atoms with Crippen LogP contribution >= 0.6 is 23.1 Å². The number of nitrogens with two attached hydrogens (primary N) is 1. The Balaban J connectivity index is 1.44. The van der Waals surface area contributed by atoms with Crippen LogP contribution in [0.3, 0.4) is 0 Å². The second-order valence-corrected chi connectivity index (χ2v) is 11.3. The van der Waals surface area contributed by atoms with Crippen molar-refractivity contribution in [2.24, 2.45) is 5.73 Å². The molecule has 11 heteroatoms. The number of methoxy groups -OCH3 is 1. The van der Waals surface area contributed by atoms with Crippen LogP contribution in [0.5, 0.6) is 5.75 Å². The smallest absolute Gasteiger partial charge is 0.234 e. The highest BCUT2D eigenvalue weighted by Gasteiger charge is 2.42. The number of nitrogens with zero attached hydrogens (tertiary/aromatic N) is 4. The molecule has 3 N–H and O–H groups in total. The summed E-state index contributed by atoms with van der Waals surface area (Å²) in [4.78, 5) is 27.5. The van der Waals surface area contributed by atoms with Crippen molar-refractivity contribution in [3.05, 3.63) is 82.3 Å². The number of para-hydroxylation sites is 1. The highest BCUT2D eigenvalue weighted by molar-refractivity contribution is 8.01. The number of anilines is 2.